The molecule has 0 saturated heterocycles. The van der Waals surface area contributed by atoms with Gasteiger partial charge in [0, 0.05) is 32.6 Å². The molecule has 3 nitrogen and oxygen atoms in total. The highest BCUT2D eigenvalue weighted by Gasteiger charge is 2.23. The summed E-state index contributed by atoms with van der Waals surface area (Å²) in [5, 5.41) is 8.79. The maximum Gasteiger partial charge on any atom is 0.0548 e. The Morgan fingerprint density at radius 2 is 2.32 bits per heavy atom. The summed E-state index contributed by atoms with van der Waals surface area (Å²) in [6, 6.07) is 6.32. The average molecular weight is 388 g/mol. The fourth-order valence-corrected chi connectivity index (χ4v) is 3.68. The second kappa shape index (κ2) is 5.32. The van der Waals surface area contributed by atoms with Crippen LogP contribution in [0, 0.1) is 3.57 Å². The minimum absolute atomic E-state index is 0.354. The van der Waals surface area contributed by atoms with Crippen molar-refractivity contribution >= 4 is 39.9 Å². The first-order valence-corrected chi connectivity index (χ1v) is 7.83. The number of aromatic nitrogens is 2. The van der Waals surface area contributed by atoms with Gasteiger partial charge in [-0.3, -0.25) is 4.68 Å². The van der Waals surface area contributed by atoms with Crippen molar-refractivity contribution in [3.63, 3.8) is 0 Å². The van der Waals surface area contributed by atoms with Crippen molar-refractivity contribution in [1.82, 2.24) is 9.78 Å². The summed E-state index contributed by atoms with van der Waals surface area (Å²) in [4.78, 5) is 0. The third-order valence-electron chi connectivity index (χ3n) is 3.64. The van der Waals surface area contributed by atoms with E-state index in [1.807, 2.05) is 30.1 Å². The highest BCUT2D eigenvalue weighted by atomic mass is 127. The lowest BCUT2D eigenvalue weighted by molar-refractivity contribution is 0.571. The number of anilines is 1. The van der Waals surface area contributed by atoms with Gasteiger partial charge in [-0.2, -0.15) is 5.10 Å². The molecule has 19 heavy (non-hydrogen) atoms. The molecule has 0 aliphatic heterocycles. The van der Waals surface area contributed by atoms with E-state index in [1.54, 1.807) is 0 Å². The molecule has 1 aliphatic rings. The SMILES string of the molecule is Cn1ncc2c1CCCC2Nc1ccc(Cl)cc1I. The molecule has 1 N–H and O–H groups in total. The van der Waals surface area contributed by atoms with Crippen molar-refractivity contribution in [2.45, 2.75) is 25.3 Å². The highest BCUT2D eigenvalue weighted by molar-refractivity contribution is 14.1. The number of hydrogen-bond donors (Lipinski definition) is 1. The van der Waals surface area contributed by atoms with Crippen LogP contribution in [-0.4, -0.2) is 9.78 Å². The molecule has 3 rings (SSSR count). The van der Waals surface area contributed by atoms with E-state index in [-0.39, 0.29) is 0 Å². The predicted molar refractivity (Wildman–Crippen MR) is 86.7 cm³/mol. The number of rotatable bonds is 2. The largest absolute Gasteiger partial charge is 0.377 e. The van der Waals surface area contributed by atoms with Gasteiger partial charge in [-0.1, -0.05) is 11.6 Å². The van der Waals surface area contributed by atoms with Crippen molar-refractivity contribution in [2.75, 3.05) is 5.32 Å². The van der Waals surface area contributed by atoms with E-state index in [9.17, 15) is 0 Å². The van der Waals surface area contributed by atoms with Crippen LogP contribution in [0.5, 0.6) is 0 Å². The maximum absolute atomic E-state index is 6.00. The van der Waals surface area contributed by atoms with Crippen molar-refractivity contribution in [1.29, 1.82) is 0 Å². The van der Waals surface area contributed by atoms with E-state index in [2.05, 4.69) is 39.1 Å². The Morgan fingerprint density at radius 1 is 1.47 bits per heavy atom. The molecule has 5 heteroatoms. The van der Waals surface area contributed by atoms with Gasteiger partial charge in [-0.15, -0.1) is 0 Å². The summed E-state index contributed by atoms with van der Waals surface area (Å²) < 4.78 is 3.15. The van der Waals surface area contributed by atoms with E-state index >= 15 is 0 Å². The fourth-order valence-electron chi connectivity index (χ4n) is 2.65. The minimum Gasteiger partial charge on any atom is -0.377 e. The monoisotopic (exact) mass is 387 g/mol. The molecule has 0 amide bonds. The second-order valence-electron chi connectivity index (χ2n) is 4.88. The molecule has 2 aromatic rings. The summed E-state index contributed by atoms with van der Waals surface area (Å²) in [6.45, 7) is 0. The standard InChI is InChI=1S/C14H15ClIN3/c1-19-14-4-2-3-12(10(14)8-17-19)18-13-6-5-9(15)7-11(13)16/h5-8,12,18H,2-4H2,1H3. The number of nitrogens with zero attached hydrogens (tertiary/aromatic N) is 2. The van der Waals surface area contributed by atoms with Gasteiger partial charge >= 0.3 is 0 Å². The zero-order chi connectivity index (χ0) is 13.4. The average Bonchev–Trinajstić information content (AvgIpc) is 2.76. The Balaban J connectivity index is 1.88. The molecule has 0 fully saturated rings. The number of hydrogen-bond acceptors (Lipinski definition) is 2. The molecule has 1 atom stereocenters. The zero-order valence-corrected chi connectivity index (χ0v) is 13.6. The molecule has 1 heterocycles. The lowest BCUT2D eigenvalue weighted by Gasteiger charge is -2.25. The van der Waals surface area contributed by atoms with Gasteiger partial charge in [0.1, 0.15) is 0 Å². The number of halogens is 2. The number of nitrogens with one attached hydrogen (secondary N) is 1. The predicted octanol–water partition coefficient (Wildman–Crippen LogP) is 4.17. The minimum atomic E-state index is 0.354. The molecule has 0 spiro atoms. The van der Waals surface area contributed by atoms with Gasteiger partial charge in [0.2, 0.25) is 0 Å². The van der Waals surface area contributed by atoms with E-state index in [0.29, 0.717) is 6.04 Å². The van der Waals surface area contributed by atoms with Gasteiger partial charge in [-0.25, -0.2) is 0 Å². The van der Waals surface area contributed by atoms with Crippen molar-refractivity contribution < 1.29 is 0 Å². The molecule has 1 aromatic carbocycles. The first kappa shape index (κ1) is 13.2. The van der Waals surface area contributed by atoms with Crippen molar-refractivity contribution in [3.05, 3.63) is 44.2 Å². The third-order valence-corrected chi connectivity index (χ3v) is 4.76. The van der Waals surface area contributed by atoms with Crippen LogP contribution in [-0.2, 0) is 13.5 Å². The van der Waals surface area contributed by atoms with Gasteiger partial charge < -0.3 is 5.32 Å². The molecule has 1 unspecified atom stereocenters. The third kappa shape index (κ3) is 2.60. The van der Waals surface area contributed by atoms with Crippen LogP contribution in [0.25, 0.3) is 0 Å². The summed E-state index contributed by atoms with van der Waals surface area (Å²) >= 11 is 8.32. The summed E-state index contributed by atoms with van der Waals surface area (Å²) in [6.07, 6.45) is 5.47. The Hall–Kier alpha value is -0.750. The maximum atomic E-state index is 6.00. The van der Waals surface area contributed by atoms with E-state index in [4.69, 9.17) is 11.6 Å². The molecule has 0 saturated carbocycles. The molecule has 1 aromatic heterocycles. The van der Waals surface area contributed by atoms with Gasteiger partial charge in [0.15, 0.2) is 0 Å². The van der Waals surface area contributed by atoms with E-state index < -0.39 is 0 Å². The van der Waals surface area contributed by atoms with Crippen LogP contribution in [0.4, 0.5) is 5.69 Å². The van der Waals surface area contributed by atoms with Crippen LogP contribution in [0.2, 0.25) is 5.02 Å². The Bertz CT molecular complexity index is 609. The Labute approximate surface area is 131 Å². The highest BCUT2D eigenvalue weighted by Crippen LogP contribution is 2.33. The van der Waals surface area contributed by atoms with Crippen molar-refractivity contribution in [3.8, 4) is 0 Å². The summed E-state index contributed by atoms with van der Waals surface area (Å²) in [5.74, 6) is 0. The van der Waals surface area contributed by atoms with Crippen LogP contribution in [0.3, 0.4) is 0 Å². The second-order valence-corrected chi connectivity index (χ2v) is 6.48. The fraction of sp³-hybridized carbons (Fsp3) is 0.357. The molecule has 0 bridgehead atoms. The van der Waals surface area contributed by atoms with Crippen LogP contribution in [0.15, 0.2) is 24.4 Å². The molecular formula is C14H15ClIN3. The molecule has 1 aliphatic carbocycles. The normalized spacial score (nSPS) is 18.2. The lowest BCUT2D eigenvalue weighted by atomic mass is 9.93. The van der Waals surface area contributed by atoms with Crippen molar-refractivity contribution in [2.24, 2.45) is 7.05 Å². The smallest absolute Gasteiger partial charge is 0.0548 e. The van der Waals surface area contributed by atoms with Gasteiger partial charge in [0.25, 0.3) is 0 Å². The number of fused-ring (bicyclic) bond motifs is 1. The Kier molecular flexibility index (Phi) is 3.71. The number of aryl methyl sites for hydroxylation is 1. The molecule has 100 valence electrons. The molecular weight excluding hydrogens is 373 g/mol. The summed E-state index contributed by atoms with van der Waals surface area (Å²) in [5.41, 5.74) is 3.83. The van der Waals surface area contributed by atoms with Crippen LogP contribution >= 0.6 is 34.2 Å². The molecule has 0 radical (unpaired) electrons. The zero-order valence-electron chi connectivity index (χ0n) is 10.7. The van der Waals surface area contributed by atoms with Crippen LogP contribution in [0.1, 0.15) is 30.1 Å². The summed E-state index contributed by atoms with van der Waals surface area (Å²) in [7, 11) is 2.02. The van der Waals surface area contributed by atoms with Gasteiger partial charge in [-0.05, 0) is 60.1 Å². The van der Waals surface area contributed by atoms with Gasteiger partial charge in [0.05, 0.1) is 12.2 Å². The topological polar surface area (TPSA) is 29.9 Å². The first-order valence-electron chi connectivity index (χ1n) is 6.37. The first-order chi connectivity index (χ1) is 9.15. The van der Waals surface area contributed by atoms with E-state index in [1.165, 1.54) is 17.7 Å². The van der Waals surface area contributed by atoms with E-state index in [0.717, 1.165) is 27.1 Å². The lowest BCUT2D eigenvalue weighted by Crippen LogP contribution is -2.18. The Morgan fingerprint density at radius 3 is 3.11 bits per heavy atom. The number of benzene rings is 1. The van der Waals surface area contributed by atoms with Crippen LogP contribution < -0.4 is 5.32 Å². The quantitative estimate of drug-likeness (QED) is 0.784.